The maximum absolute atomic E-state index is 3.52. The average molecular weight is 409 g/mol. The lowest BCUT2D eigenvalue weighted by Gasteiger charge is -2.29. The smallest absolute Gasteiger partial charge is 0.0456 e. The lowest BCUT2D eigenvalue weighted by atomic mass is 9.95. The Balaban J connectivity index is 1.27. The van der Waals surface area contributed by atoms with Gasteiger partial charge in [0, 0.05) is 40.6 Å². The Bertz CT molecular complexity index is 879. The van der Waals surface area contributed by atoms with Crippen LogP contribution in [0.4, 0.5) is 0 Å². The van der Waals surface area contributed by atoms with Gasteiger partial charge in [-0.2, -0.15) is 0 Å². The molecule has 1 aromatic heterocycles. The Kier molecular flexibility index (Phi) is 5.57. The highest BCUT2D eigenvalue weighted by molar-refractivity contribution is 9.10. The summed E-state index contributed by atoms with van der Waals surface area (Å²) in [6.45, 7) is 3.39. The Labute approximate surface area is 164 Å². The molecule has 1 aliphatic rings. The maximum atomic E-state index is 3.52. The topological polar surface area (TPSA) is 19.0 Å². The van der Waals surface area contributed by atoms with Crippen molar-refractivity contribution < 1.29 is 0 Å². The van der Waals surface area contributed by atoms with Crippen LogP contribution in [0.3, 0.4) is 0 Å². The zero-order valence-corrected chi connectivity index (χ0v) is 16.6. The molecular weight excluding hydrogens is 384 g/mol. The number of halogens is 1. The van der Waals surface area contributed by atoms with Crippen molar-refractivity contribution in [2.75, 3.05) is 19.6 Å². The number of fused-ring (bicyclic) bond motifs is 1. The van der Waals surface area contributed by atoms with E-state index >= 15 is 0 Å². The van der Waals surface area contributed by atoms with Gasteiger partial charge in [-0.3, -0.25) is 4.90 Å². The van der Waals surface area contributed by atoms with E-state index in [1.165, 1.54) is 41.4 Å². The molecule has 0 saturated heterocycles. The fraction of sp³-hybridized carbons (Fsp3) is 0.304. The summed E-state index contributed by atoms with van der Waals surface area (Å²) in [5.41, 5.74) is 4.11. The SMILES string of the molecule is Brc1ccc(C2C=CCN(CCCCc3c[nH]c4ccccc34)C2)cc1. The number of benzene rings is 2. The quantitative estimate of drug-likeness (QED) is 0.396. The number of hydrogen-bond acceptors (Lipinski definition) is 1. The van der Waals surface area contributed by atoms with Gasteiger partial charge in [-0.05, 0) is 55.1 Å². The molecule has 26 heavy (non-hydrogen) atoms. The molecule has 3 aromatic rings. The monoisotopic (exact) mass is 408 g/mol. The average Bonchev–Trinajstić information content (AvgIpc) is 3.09. The standard InChI is InChI=1S/C23H25BrN2/c24-21-12-10-18(11-13-21)20-7-5-15-26(17-20)14-4-3-6-19-16-25-23-9-2-1-8-22(19)23/h1-2,5,7-13,16,20,25H,3-4,6,14-15,17H2. The van der Waals surface area contributed by atoms with Gasteiger partial charge in [-0.1, -0.05) is 58.4 Å². The minimum atomic E-state index is 0.519. The molecule has 2 aromatic carbocycles. The number of aryl methyl sites for hydroxylation is 1. The Hall–Kier alpha value is -1.84. The molecule has 2 heterocycles. The molecule has 2 nitrogen and oxygen atoms in total. The highest BCUT2D eigenvalue weighted by Gasteiger charge is 2.16. The van der Waals surface area contributed by atoms with Gasteiger partial charge >= 0.3 is 0 Å². The van der Waals surface area contributed by atoms with Crippen molar-refractivity contribution in [3.63, 3.8) is 0 Å². The van der Waals surface area contributed by atoms with Crippen LogP contribution in [-0.2, 0) is 6.42 Å². The first-order chi connectivity index (χ1) is 12.8. The van der Waals surface area contributed by atoms with Crippen LogP contribution < -0.4 is 0 Å². The van der Waals surface area contributed by atoms with Gasteiger partial charge in [0.2, 0.25) is 0 Å². The molecule has 0 radical (unpaired) electrons. The molecule has 3 heteroatoms. The Morgan fingerprint density at radius 1 is 1.04 bits per heavy atom. The van der Waals surface area contributed by atoms with E-state index in [-0.39, 0.29) is 0 Å². The van der Waals surface area contributed by atoms with Crippen LogP contribution in [-0.4, -0.2) is 29.5 Å². The lowest BCUT2D eigenvalue weighted by molar-refractivity contribution is 0.278. The third kappa shape index (κ3) is 4.11. The number of para-hydroxylation sites is 1. The molecule has 0 amide bonds. The maximum Gasteiger partial charge on any atom is 0.0456 e. The van der Waals surface area contributed by atoms with Gasteiger partial charge in [0.25, 0.3) is 0 Å². The first-order valence-corrected chi connectivity index (χ1v) is 10.3. The number of nitrogens with zero attached hydrogens (tertiary/aromatic N) is 1. The largest absolute Gasteiger partial charge is 0.361 e. The van der Waals surface area contributed by atoms with E-state index in [2.05, 4.69) is 92.7 Å². The van der Waals surface area contributed by atoms with Gasteiger partial charge in [0.15, 0.2) is 0 Å². The Morgan fingerprint density at radius 3 is 2.77 bits per heavy atom. The number of hydrogen-bond donors (Lipinski definition) is 1. The van der Waals surface area contributed by atoms with Crippen molar-refractivity contribution in [3.05, 3.63) is 82.5 Å². The van der Waals surface area contributed by atoms with Gasteiger partial charge in [0.1, 0.15) is 0 Å². The lowest BCUT2D eigenvalue weighted by Crippen LogP contribution is -2.32. The molecule has 0 aliphatic carbocycles. The predicted molar refractivity (Wildman–Crippen MR) is 114 cm³/mol. The predicted octanol–water partition coefficient (Wildman–Crippen LogP) is 5.91. The van der Waals surface area contributed by atoms with Crippen LogP contribution in [0.15, 0.2) is 71.4 Å². The summed E-state index contributed by atoms with van der Waals surface area (Å²) in [6, 6.07) is 17.3. The summed E-state index contributed by atoms with van der Waals surface area (Å²) >= 11 is 3.52. The molecular formula is C23H25BrN2. The van der Waals surface area contributed by atoms with E-state index in [9.17, 15) is 0 Å². The number of nitrogens with one attached hydrogen (secondary N) is 1. The number of unbranched alkanes of at least 4 members (excludes halogenated alkanes) is 1. The van der Waals surface area contributed by atoms with Crippen LogP contribution in [0.5, 0.6) is 0 Å². The minimum absolute atomic E-state index is 0.519. The molecule has 0 saturated carbocycles. The minimum Gasteiger partial charge on any atom is -0.361 e. The second-order valence-corrected chi connectivity index (χ2v) is 8.08. The van der Waals surface area contributed by atoms with Crippen molar-refractivity contribution in [1.82, 2.24) is 9.88 Å². The summed E-state index contributed by atoms with van der Waals surface area (Å²) in [5.74, 6) is 0.519. The third-order valence-corrected chi connectivity index (χ3v) is 5.86. The van der Waals surface area contributed by atoms with Crippen molar-refractivity contribution in [2.24, 2.45) is 0 Å². The summed E-state index contributed by atoms with van der Waals surface area (Å²) in [6.07, 6.45) is 10.5. The van der Waals surface area contributed by atoms with Crippen molar-refractivity contribution in [3.8, 4) is 0 Å². The molecule has 4 rings (SSSR count). The summed E-state index contributed by atoms with van der Waals surface area (Å²) in [7, 11) is 0. The third-order valence-electron chi connectivity index (χ3n) is 5.33. The first-order valence-electron chi connectivity index (χ1n) is 9.49. The summed E-state index contributed by atoms with van der Waals surface area (Å²) in [4.78, 5) is 5.97. The molecule has 0 bridgehead atoms. The fourth-order valence-corrected chi connectivity index (χ4v) is 4.15. The number of aromatic amines is 1. The van der Waals surface area contributed by atoms with Gasteiger partial charge in [-0.25, -0.2) is 0 Å². The van der Waals surface area contributed by atoms with E-state index in [0.29, 0.717) is 5.92 Å². The van der Waals surface area contributed by atoms with Crippen molar-refractivity contribution in [1.29, 1.82) is 0 Å². The van der Waals surface area contributed by atoms with Crippen LogP contribution in [0, 0.1) is 0 Å². The number of H-pyrrole nitrogens is 1. The molecule has 1 N–H and O–H groups in total. The van der Waals surface area contributed by atoms with E-state index in [4.69, 9.17) is 0 Å². The molecule has 1 unspecified atom stereocenters. The number of rotatable bonds is 6. The van der Waals surface area contributed by atoms with Crippen molar-refractivity contribution in [2.45, 2.75) is 25.2 Å². The van der Waals surface area contributed by atoms with E-state index in [0.717, 1.165) is 24.0 Å². The van der Waals surface area contributed by atoms with Gasteiger partial charge < -0.3 is 4.98 Å². The van der Waals surface area contributed by atoms with Crippen molar-refractivity contribution >= 4 is 26.8 Å². The fourth-order valence-electron chi connectivity index (χ4n) is 3.89. The van der Waals surface area contributed by atoms with Crippen LogP contribution >= 0.6 is 15.9 Å². The second kappa shape index (κ2) is 8.24. The second-order valence-electron chi connectivity index (χ2n) is 7.16. The molecule has 0 spiro atoms. The van der Waals surface area contributed by atoms with Gasteiger partial charge in [-0.15, -0.1) is 0 Å². The molecule has 134 valence electrons. The van der Waals surface area contributed by atoms with Crippen LogP contribution in [0.2, 0.25) is 0 Å². The highest BCUT2D eigenvalue weighted by atomic mass is 79.9. The zero-order valence-electron chi connectivity index (χ0n) is 15.0. The normalized spacial score (nSPS) is 17.8. The van der Waals surface area contributed by atoms with Crippen LogP contribution in [0.25, 0.3) is 10.9 Å². The summed E-state index contributed by atoms with van der Waals surface area (Å²) in [5, 5.41) is 1.38. The van der Waals surface area contributed by atoms with E-state index in [1.807, 2.05) is 0 Å². The molecule has 1 atom stereocenters. The first kappa shape index (κ1) is 17.6. The zero-order chi connectivity index (χ0) is 17.8. The highest BCUT2D eigenvalue weighted by Crippen LogP contribution is 2.24. The summed E-state index contributed by atoms with van der Waals surface area (Å²) < 4.78 is 1.15. The number of aromatic nitrogens is 1. The Morgan fingerprint density at radius 2 is 1.88 bits per heavy atom. The van der Waals surface area contributed by atoms with E-state index in [1.54, 1.807) is 0 Å². The van der Waals surface area contributed by atoms with Gasteiger partial charge in [0.05, 0.1) is 0 Å². The molecule has 1 aliphatic heterocycles. The van der Waals surface area contributed by atoms with E-state index < -0.39 is 0 Å². The molecule has 0 fully saturated rings. The van der Waals surface area contributed by atoms with Crippen LogP contribution in [0.1, 0.15) is 29.9 Å².